The molecular weight excluding hydrogens is 240 g/mol. The van der Waals surface area contributed by atoms with E-state index in [4.69, 9.17) is 0 Å². The van der Waals surface area contributed by atoms with Crippen LogP contribution in [0.2, 0.25) is 0 Å². The zero-order chi connectivity index (χ0) is 14.7. The smallest absolute Gasteiger partial charge is 0.242 e. The number of carbonyl (C=O) groups excluding carboxylic acids is 1. The molecule has 5 heteroatoms. The van der Waals surface area contributed by atoms with Crippen molar-refractivity contribution in [1.29, 1.82) is 0 Å². The summed E-state index contributed by atoms with van der Waals surface area (Å²) in [5.74, 6) is 0.606. The summed E-state index contributed by atoms with van der Waals surface area (Å²) >= 11 is 0. The van der Waals surface area contributed by atoms with Gasteiger partial charge in [0.1, 0.15) is 6.54 Å². The van der Waals surface area contributed by atoms with E-state index < -0.39 is 0 Å². The third-order valence-electron chi connectivity index (χ3n) is 2.08. The van der Waals surface area contributed by atoms with Crippen molar-refractivity contribution in [2.45, 2.75) is 46.6 Å². The van der Waals surface area contributed by atoms with Crippen molar-refractivity contribution in [1.82, 2.24) is 16.0 Å². The summed E-state index contributed by atoms with van der Waals surface area (Å²) in [7, 11) is 0. The quantitative estimate of drug-likeness (QED) is 0.295. The van der Waals surface area contributed by atoms with E-state index in [-0.39, 0.29) is 18.0 Å². The fourth-order valence-electron chi connectivity index (χ4n) is 1.39. The molecular formula is C14H28N4O. The Morgan fingerprint density at radius 2 is 1.95 bits per heavy atom. The van der Waals surface area contributed by atoms with Crippen molar-refractivity contribution < 1.29 is 4.79 Å². The van der Waals surface area contributed by atoms with E-state index in [1.807, 2.05) is 40.7 Å². The first-order valence-corrected chi connectivity index (χ1v) is 6.83. The number of hydrogen-bond acceptors (Lipinski definition) is 2. The fraction of sp³-hybridized carbons (Fsp3) is 0.714. The predicted molar refractivity (Wildman–Crippen MR) is 81.3 cm³/mol. The van der Waals surface area contributed by atoms with E-state index >= 15 is 0 Å². The second-order valence-corrected chi connectivity index (χ2v) is 5.28. The molecule has 0 aromatic carbocycles. The van der Waals surface area contributed by atoms with Crippen molar-refractivity contribution in [3.05, 3.63) is 12.2 Å². The molecule has 0 aliphatic carbocycles. The summed E-state index contributed by atoms with van der Waals surface area (Å²) in [6.07, 6.45) is 5.04. The monoisotopic (exact) mass is 268 g/mol. The van der Waals surface area contributed by atoms with Crippen LogP contribution in [0.4, 0.5) is 0 Å². The number of aliphatic imine (C=N–C) groups is 1. The molecule has 0 spiro atoms. The minimum atomic E-state index is -0.218. The molecule has 19 heavy (non-hydrogen) atoms. The summed E-state index contributed by atoms with van der Waals surface area (Å²) in [5.41, 5.74) is -0.218. The van der Waals surface area contributed by atoms with Gasteiger partial charge in [-0.2, -0.15) is 0 Å². The Morgan fingerprint density at radius 3 is 2.47 bits per heavy atom. The average Bonchev–Trinajstić information content (AvgIpc) is 2.29. The van der Waals surface area contributed by atoms with Crippen molar-refractivity contribution in [2.24, 2.45) is 4.99 Å². The molecule has 0 saturated heterocycles. The number of allylic oxidation sites excluding steroid dienone is 1. The molecule has 0 unspecified atom stereocenters. The summed E-state index contributed by atoms with van der Waals surface area (Å²) in [5, 5.41) is 9.17. The van der Waals surface area contributed by atoms with E-state index in [1.165, 1.54) is 0 Å². The fourth-order valence-corrected chi connectivity index (χ4v) is 1.39. The SMILES string of the molecule is CC=CCCNC(=NCC(=O)NC(C)(C)C)NCC. The minimum Gasteiger partial charge on any atom is -0.357 e. The summed E-state index contributed by atoms with van der Waals surface area (Å²) in [6.45, 7) is 11.6. The van der Waals surface area contributed by atoms with Gasteiger partial charge in [0, 0.05) is 18.6 Å². The van der Waals surface area contributed by atoms with Crippen LogP contribution in [0.15, 0.2) is 17.1 Å². The highest BCUT2D eigenvalue weighted by Gasteiger charge is 2.13. The Bertz CT molecular complexity index is 316. The maximum Gasteiger partial charge on any atom is 0.242 e. The molecule has 0 aliphatic heterocycles. The van der Waals surface area contributed by atoms with E-state index in [1.54, 1.807) is 0 Å². The maximum absolute atomic E-state index is 11.7. The Kier molecular flexibility index (Phi) is 8.66. The van der Waals surface area contributed by atoms with Gasteiger partial charge in [-0.3, -0.25) is 4.79 Å². The molecule has 0 atom stereocenters. The molecule has 0 heterocycles. The van der Waals surface area contributed by atoms with Crippen LogP contribution in [-0.2, 0) is 4.79 Å². The highest BCUT2D eigenvalue weighted by Crippen LogP contribution is 1.97. The van der Waals surface area contributed by atoms with Gasteiger partial charge in [0.15, 0.2) is 5.96 Å². The number of guanidine groups is 1. The molecule has 110 valence electrons. The van der Waals surface area contributed by atoms with Gasteiger partial charge in [0.25, 0.3) is 0 Å². The van der Waals surface area contributed by atoms with Gasteiger partial charge in [0.2, 0.25) is 5.91 Å². The molecule has 0 aliphatic rings. The lowest BCUT2D eigenvalue weighted by atomic mass is 10.1. The van der Waals surface area contributed by atoms with Crippen molar-refractivity contribution in [3.63, 3.8) is 0 Å². The van der Waals surface area contributed by atoms with E-state index in [2.05, 4.69) is 27.0 Å². The molecule has 1 amide bonds. The topological polar surface area (TPSA) is 65.5 Å². The highest BCUT2D eigenvalue weighted by atomic mass is 16.2. The minimum absolute atomic E-state index is 0.0712. The second-order valence-electron chi connectivity index (χ2n) is 5.28. The molecule has 0 bridgehead atoms. The van der Waals surface area contributed by atoms with Gasteiger partial charge < -0.3 is 16.0 Å². The van der Waals surface area contributed by atoms with Gasteiger partial charge in [-0.1, -0.05) is 12.2 Å². The first-order chi connectivity index (χ1) is 8.89. The normalized spacial score (nSPS) is 12.6. The van der Waals surface area contributed by atoms with Gasteiger partial charge in [-0.15, -0.1) is 0 Å². The zero-order valence-corrected chi connectivity index (χ0v) is 12.8. The van der Waals surface area contributed by atoms with Gasteiger partial charge in [0.05, 0.1) is 0 Å². The van der Waals surface area contributed by atoms with Crippen LogP contribution >= 0.6 is 0 Å². The lowest BCUT2D eigenvalue weighted by Crippen LogP contribution is -2.43. The number of amides is 1. The van der Waals surface area contributed by atoms with Crippen molar-refractivity contribution >= 4 is 11.9 Å². The number of carbonyl (C=O) groups is 1. The maximum atomic E-state index is 11.7. The first-order valence-electron chi connectivity index (χ1n) is 6.83. The van der Waals surface area contributed by atoms with Crippen LogP contribution in [0.3, 0.4) is 0 Å². The summed E-state index contributed by atoms with van der Waals surface area (Å²) in [4.78, 5) is 15.9. The average molecular weight is 268 g/mol. The highest BCUT2D eigenvalue weighted by molar-refractivity contribution is 5.85. The standard InChI is InChI=1S/C14H28N4O/c1-6-8-9-10-16-13(15-7-2)17-11-12(19)18-14(3,4)5/h6,8H,7,9-11H2,1-5H3,(H,18,19)(H2,15,16,17). The molecule has 0 aromatic rings. The molecule has 0 fully saturated rings. The van der Waals surface area contributed by atoms with Crippen molar-refractivity contribution in [3.8, 4) is 0 Å². The van der Waals surface area contributed by atoms with Crippen LogP contribution in [-0.4, -0.2) is 37.0 Å². The molecule has 0 rings (SSSR count). The Hall–Kier alpha value is -1.52. The van der Waals surface area contributed by atoms with Crippen LogP contribution in [0.25, 0.3) is 0 Å². The van der Waals surface area contributed by atoms with E-state index in [0.29, 0.717) is 5.96 Å². The van der Waals surface area contributed by atoms with Crippen LogP contribution in [0, 0.1) is 0 Å². The Morgan fingerprint density at radius 1 is 1.26 bits per heavy atom. The summed E-state index contributed by atoms with van der Waals surface area (Å²) < 4.78 is 0. The zero-order valence-electron chi connectivity index (χ0n) is 12.8. The van der Waals surface area contributed by atoms with E-state index in [0.717, 1.165) is 19.5 Å². The first kappa shape index (κ1) is 17.5. The van der Waals surface area contributed by atoms with Crippen molar-refractivity contribution in [2.75, 3.05) is 19.6 Å². The lowest BCUT2D eigenvalue weighted by molar-refractivity contribution is -0.121. The van der Waals surface area contributed by atoms with Crippen LogP contribution < -0.4 is 16.0 Å². The Labute approximate surface area is 117 Å². The van der Waals surface area contributed by atoms with Gasteiger partial charge in [-0.05, 0) is 41.0 Å². The molecule has 5 nitrogen and oxygen atoms in total. The van der Waals surface area contributed by atoms with Gasteiger partial charge >= 0.3 is 0 Å². The second kappa shape index (κ2) is 9.42. The third-order valence-corrected chi connectivity index (χ3v) is 2.08. The Balaban J connectivity index is 4.21. The molecule has 0 aromatic heterocycles. The van der Waals surface area contributed by atoms with E-state index in [9.17, 15) is 4.79 Å². The molecule has 3 N–H and O–H groups in total. The number of nitrogens with zero attached hydrogens (tertiary/aromatic N) is 1. The van der Waals surface area contributed by atoms with Crippen LogP contribution in [0.5, 0.6) is 0 Å². The predicted octanol–water partition coefficient (Wildman–Crippen LogP) is 1.42. The van der Waals surface area contributed by atoms with Crippen LogP contribution in [0.1, 0.15) is 41.0 Å². The summed E-state index contributed by atoms with van der Waals surface area (Å²) in [6, 6.07) is 0. The lowest BCUT2D eigenvalue weighted by Gasteiger charge is -2.20. The number of rotatable bonds is 6. The third kappa shape index (κ3) is 11.3. The molecule has 0 saturated carbocycles. The number of nitrogens with one attached hydrogen (secondary N) is 3. The number of hydrogen-bond donors (Lipinski definition) is 3. The molecule has 0 radical (unpaired) electrons. The largest absolute Gasteiger partial charge is 0.357 e. The van der Waals surface area contributed by atoms with Gasteiger partial charge in [-0.25, -0.2) is 4.99 Å².